The Balaban J connectivity index is 2.08. The maximum Gasteiger partial charge on any atom is 0.435 e. The number of methoxy groups -OCH3 is 1. The van der Waals surface area contributed by atoms with Gasteiger partial charge in [-0.1, -0.05) is 11.6 Å². The van der Waals surface area contributed by atoms with Crippen LogP contribution in [-0.4, -0.2) is 22.8 Å². The van der Waals surface area contributed by atoms with Crippen LogP contribution in [0.3, 0.4) is 0 Å². The van der Waals surface area contributed by atoms with Crippen molar-refractivity contribution in [1.29, 1.82) is 0 Å². The van der Waals surface area contributed by atoms with E-state index in [9.17, 15) is 18.0 Å². The van der Waals surface area contributed by atoms with E-state index < -0.39 is 17.8 Å². The molecule has 1 aromatic carbocycles. The van der Waals surface area contributed by atoms with Gasteiger partial charge < -0.3 is 10.1 Å². The molecular formula is C14H13ClF3N3O2. The third-order valence-electron chi connectivity index (χ3n) is 3.00. The Labute approximate surface area is 135 Å². The van der Waals surface area contributed by atoms with Crippen molar-refractivity contribution in [3.63, 3.8) is 0 Å². The zero-order chi connectivity index (χ0) is 17.2. The zero-order valence-corrected chi connectivity index (χ0v) is 13.0. The van der Waals surface area contributed by atoms with E-state index in [0.717, 1.165) is 10.7 Å². The second-order valence-electron chi connectivity index (χ2n) is 4.72. The predicted molar refractivity (Wildman–Crippen MR) is 78.6 cm³/mol. The number of nitrogens with zero attached hydrogens (tertiary/aromatic N) is 2. The normalized spacial score (nSPS) is 11.4. The fraction of sp³-hybridized carbons (Fsp3) is 0.286. The number of aryl methyl sites for hydroxylation is 1. The number of hydrogen-bond donors (Lipinski definition) is 1. The summed E-state index contributed by atoms with van der Waals surface area (Å²) in [6, 6.07) is 5.51. The van der Waals surface area contributed by atoms with Crippen LogP contribution in [0.1, 0.15) is 11.4 Å². The van der Waals surface area contributed by atoms with Gasteiger partial charge in [-0.2, -0.15) is 18.3 Å². The summed E-state index contributed by atoms with van der Waals surface area (Å²) in [7, 11) is 1.46. The first kappa shape index (κ1) is 17.1. The van der Waals surface area contributed by atoms with Gasteiger partial charge in [0.25, 0.3) is 0 Å². The number of ether oxygens (including phenoxy) is 1. The molecule has 5 nitrogen and oxygen atoms in total. The first-order valence-electron chi connectivity index (χ1n) is 6.45. The number of rotatable bonds is 4. The van der Waals surface area contributed by atoms with E-state index in [1.165, 1.54) is 20.1 Å². The number of benzene rings is 1. The monoisotopic (exact) mass is 347 g/mol. The van der Waals surface area contributed by atoms with E-state index >= 15 is 0 Å². The lowest BCUT2D eigenvalue weighted by molar-refractivity contribution is -0.141. The van der Waals surface area contributed by atoms with Crippen molar-refractivity contribution in [1.82, 2.24) is 9.78 Å². The first-order chi connectivity index (χ1) is 10.7. The van der Waals surface area contributed by atoms with E-state index in [4.69, 9.17) is 16.3 Å². The lowest BCUT2D eigenvalue weighted by Crippen LogP contribution is -2.20. The summed E-state index contributed by atoms with van der Waals surface area (Å²) < 4.78 is 43.7. The average Bonchev–Trinajstić information content (AvgIpc) is 2.80. The van der Waals surface area contributed by atoms with Gasteiger partial charge in [0, 0.05) is 11.4 Å². The number of aromatic nitrogens is 2. The molecule has 1 N–H and O–H groups in total. The minimum Gasteiger partial charge on any atom is -0.495 e. The van der Waals surface area contributed by atoms with Gasteiger partial charge in [-0.15, -0.1) is 0 Å². The number of amides is 1. The highest BCUT2D eigenvalue weighted by Crippen LogP contribution is 2.29. The minimum absolute atomic E-state index is 0.236. The molecule has 1 heterocycles. The Morgan fingerprint density at radius 3 is 2.61 bits per heavy atom. The molecule has 2 rings (SSSR count). The van der Waals surface area contributed by atoms with Gasteiger partial charge in [-0.25, -0.2) is 0 Å². The fourth-order valence-corrected chi connectivity index (χ4v) is 2.15. The van der Waals surface area contributed by atoms with Crippen molar-refractivity contribution in [2.45, 2.75) is 19.6 Å². The maximum atomic E-state index is 12.6. The summed E-state index contributed by atoms with van der Waals surface area (Å²) in [5, 5.41) is 6.23. The summed E-state index contributed by atoms with van der Waals surface area (Å²) in [6.45, 7) is 1.10. The van der Waals surface area contributed by atoms with E-state index in [0.29, 0.717) is 16.5 Å². The van der Waals surface area contributed by atoms with Crippen LogP contribution in [-0.2, 0) is 17.5 Å². The molecular weight excluding hydrogens is 335 g/mol. The van der Waals surface area contributed by atoms with Crippen molar-refractivity contribution in [3.05, 3.63) is 40.7 Å². The summed E-state index contributed by atoms with van der Waals surface area (Å²) in [5.41, 5.74) is -0.391. The maximum absolute atomic E-state index is 12.6. The lowest BCUT2D eigenvalue weighted by Gasteiger charge is -2.09. The van der Waals surface area contributed by atoms with Gasteiger partial charge >= 0.3 is 6.18 Å². The summed E-state index contributed by atoms with van der Waals surface area (Å²) in [5.74, 6) is -0.0754. The fourth-order valence-electron chi connectivity index (χ4n) is 1.89. The summed E-state index contributed by atoms with van der Waals surface area (Å²) in [4.78, 5) is 11.9. The van der Waals surface area contributed by atoms with Crippen molar-refractivity contribution >= 4 is 23.2 Å². The molecule has 0 aliphatic carbocycles. The molecule has 2 aromatic rings. The Hall–Kier alpha value is -2.22. The number of anilines is 1. The molecule has 0 fully saturated rings. The summed E-state index contributed by atoms with van der Waals surface area (Å²) in [6.07, 6.45) is -4.55. The summed E-state index contributed by atoms with van der Waals surface area (Å²) >= 11 is 5.93. The molecule has 0 bridgehead atoms. The van der Waals surface area contributed by atoms with Crippen LogP contribution in [0, 0.1) is 6.92 Å². The Morgan fingerprint density at radius 1 is 1.39 bits per heavy atom. The van der Waals surface area contributed by atoms with E-state index in [1.54, 1.807) is 12.1 Å². The Kier molecular flexibility index (Phi) is 4.84. The van der Waals surface area contributed by atoms with Crippen LogP contribution in [0.4, 0.5) is 18.9 Å². The number of alkyl halides is 3. The highest BCUT2D eigenvalue weighted by molar-refractivity contribution is 6.32. The predicted octanol–water partition coefficient (Wildman–Crippen LogP) is 3.51. The highest BCUT2D eigenvalue weighted by atomic mass is 35.5. The second-order valence-corrected chi connectivity index (χ2v) is 5.13. The van der Waals surface area contributed by atoms with Crippen molar-refractivity contribution < 1.29 is 22.7 Å². The Morgan fingerprint density at radius 2 is 2.09 bits per heavy atom. The van der Waals surface area contributed by atoms with Crippen LogP contribution in [0.5, 0.6) is 5.75 Å². The SMILES string of the molecule is COc1ccc(NC(=O)Cn2nc(C(F)(F)F)cc2C)cc1Cl. The quantitative estimate of drug-likeness (QED) is 0.920. The zero-order valence-electron chi connectivity index (χ0n) is 12.2. The smallest absolute Gasteiger partial charge is 0.435 e. The molecule has 0 saturated carbocycles. The van der Waals surface area contributed by atoms with Gasteiger partial charge in [0.15, 0.2) is 5.69 Å². The number of carbonyl (C=O) groups is 1. The van der Waals surface area contributed by atoms with Gasteiger partial charge in [-0.3, -0.25) is 9.48 Å². The molecule has 124 valence electrons. The van der Waals surface area contributed by atoms with Crippen LogP contribution < -0.4 is 10.1 Å². The average molecular weight is 348 g/mol. The lowest BCUT2D eigenvalue weighted by atomic mass is 10.3. The third-order valence-corrected chi connectivity index (χ3v) is 3.30. The van der Waals surface area contributed by atoms with Crippen molar-refractivity contribution in [2.24, 2.45) is 0 Å². The van der Waals surface area contributed by atoms with Crippen molar-refractivity contribution in [3.8, 4) is 5.75 Å². The standard InChI is InChI=1S/C14H13ClF3N3O2/c1-8-5-12(14(16,17)18)20-21(8)7-13(22)19-9-3-4-11(23-2)10(15)6-9/h3-6H,7H2,1-2H3,(H,19,22). The molecule has 0 radical (unpaired) electrons. The largest absolute Gasteiger partial charge is 0.495 e. The van der Waals surface area contributed by atoms with Gasteiger partial charge in [0.2, 0.25) is 5.91 Å². The topological polar surface area (TPSA) is 56.1 Å². The van der Waals surface area contributed by atoms with Crippen LogP contribution >= 0.6 is 11.6 Å². The molecule has 1 aromatic heterocycles. The van der Waals surface area contributed by atoms with E-state index in [-0.39, 0.29) is 12.2 Å². The third kappa shape index (κ3) is 4.16. The molecule has 0 atom stereocenters. The minimum atomic E-state index is -4.55. The molecule has 1 amide bonds. The molecule has 0 spiro atoms. The van der Waals surface area contributed by atoms with Crippen LogP contribution in [0.15, 0.2) is 24.3 Å². The molecule has 9 heteroatoms. The first-order valence-corrected chi connectivity index (χ1v) is 6.83. The van der Waals surface area contributed by atoms with Gasteiger partial charge in [0.05, 0.1) is 12.1 Å². The van der Waals surface area contributed by atoms with E-state index in [2.05, 4.69) is 10.4 Å². The van der Waals surface area contributed by atoms with Crippen molar-refractivity contribution in [2.75, 3.05) is 12.4 Å². The van der Waals surface area contributed by atoms with Crippen LogP contribution in [0.2, 0.25) is 5.02 Å². The number of carbonyl (C=O) groups excluding carboxylic acids is 1. The van der Waals surface area contributed by atoms with Crippen LogP contribution in [0.25, 0.3) is 0 Å². The second kappa shape index (κ2) is 6.49. The molecule has 23 heavy (non-hydrogen) atoms. The molecule has 0 unspecified atom stereocenters. The highest BCUT2D eigenvalue weighted by Gasteiger charge is 2.34. The Bertz CT molecular complexity index is 729. The number of nitrogens with one attached hydrogen (secondary N) is 1. The molecule has 0 saturated heterocycles. The molecule has 0 aliphatic rings. The number of hydrogen-bond acceptors (Lipinski definition) is 3. The van der Waals surface area contributed by atoms with Gasteiger partial charge in [-0.05, 0) is 31.2 Å². The molecule has 0 aliphatic heterocycles. The van der Waals surface area contributed by atoms with E-state index in [1.807, 2.05) is 0 Å². The number of halogens is 4. The van der Waals surface area contributed by atoms with Gasteiger partial charge in [0.1, 0.15) is 12.3 Å².